The predicted octanol–water partition coefficient (Wildman–Crippen LogP) is 1.48. The molecule has 0 aliphatic carbocycles. The van der Waals surface area contributed by atoms with Crippen LogP contribution in [0.3, 0.4) is 0 Å². The van der Waals surface area contributed by atoms with Crippen LogP contribution in [0.1, 0.15) is 12.8 Å². The predicted molar refractivity (Wildman–Crippen MR) is 67.2 cm³/mol. The molecule has 0 spiro atoms. The third-order valence-electron chi connectivity index (χ3n) is 3.48. The minimum Gasteiger partial charge on any atom is -0.317 e. The summed E-state index contributed by atoms with van der Waals surface area (Å²) in [7, 11) is -2.36. The number of hydrogen-bond donors (Lipinski definition) is 1. The van der Waals surface area contributed by atoms with Gasteiger partial charge in [0, 0.05) is 19.1 Å². The van der Waals surface area contributed by atoms with E-state index in [1.165, 1.54) is 0 Å². The lowest BCUT2D eigenvalue weighted by Gasteiger charge is -2.31. The van der Waals surface area contributed by atoms with Gasteiger partial charge in [-0.25, -0.2) is 21.6 Å². The maximum Gasteiger partial charge on any atom is 0.246 e. The summed E-state index contributed by atoms with van der Waals surface area (Å²) in [6.45, 7) is 0.429. The molecule has 0 bridgehead atoms. The lowest BCUT2D eigenvalue weighted by atomic mass is 10.1. The molecule has 2 rings (SSSR count). The first-order chi connectivity index (χ1) is 9.37. The van der Waals surface area contributed by atoms with Crippen molar-refractivity contribution in [1.29, 1.82) is 0 Å². The number of halogens is 3. The number of nitrogens with one attached hydrogen (secondary N) is 1. The average molecular weight is 308 g/mol. The van der Waals surface area contributed by atoms with Gasteiger partial charge in [-0.2, -0.15) is 4.31 Å². The summed E-state index contributed by atoms with van der Waals surface area (Å²) in [5.41, 5.74) is 0. The van der Waals surface area contributed by atoms with Crippen molar-refractivity contribution in [2.45, 2.75) is 23.8 Å². The average Bonchev–Trinajstić information content (AvgIpc) is 2.44. The molecule has 1 aromatic rings. The molecular formula is C12H15F3N2O2S. The minimum atomic E-state index is -4.14. The SMILES string of the molecule is CNC1CCN(S(=O)(=O)c2ccc(F)c(F)c2F)CC1. The van der Waals surface area contributed by atoms with Gasteiger partial charge in [0.25, 0.3) is 0 Å². The van der Waals surface area contributed by atoms with E-state index in [1.807, 2.05) is 0 Å². The molecule has 1 aliphatic heterocycles. The van der Waals surface area contributed by atoms with Crippen LogP contribution in [0.2, 0.25) is 0 Å². The van der Waals surface area contributed by atoms with E-state index in [0.717, 1.165) is 10.4 Å². The third kappa shape index (κ3) is 2.68. The fraction of sp³-hybridized carbons (Fsp3) is 0.500. The van der Waals surface area contributed by atoms with Gasteiger partial charge in [0.15, 0.2) is 17.5 Å². The molecule has 112 valence electrons. The fourth-order valence-electron chi connectivity index (χ4n) is 2.23. The second kappa shape index (κ2) is 5.71. The van der Waals surface area contributed by atoms with Crippen molar-refractivity contribution in [2.24, 2.45) is 0 Å². The van der Waals surface area contributed by atoms with E-state index in [0.29, 0.717) is 18.9 Å². The zero-order valence-electron chi connectivity index (χ0n) is 10.9. The highest BCUT2D eigenvalue weighted by Gasteiger charge is 2.32. The minimum absolute atomic E-state index is 0.205. The number of benzene rings is 1. The Bertz CT molecular complexity index is 599. The summed E-state index contributed by atoms with van der Waals surface area (Å²) in [5, 5.41) is 3.04. The standard InChI is InChI=1S/C12H15F3N2O2S/c1-16-8-4-6-17(7-5-8)20(18,19)10-3-2-9(13)11(14)12(10)15/h2-3,8,16H,4-7H2,1H3. The molecule has 1 saturated heterocycles. The summed E-state index contributed by atoms with van der Waals surface area (Å²) in [6.07, 6.45) is 1.17. The number of sulfonamides is 1. The first kappa shape index (κ1) is 15.3. The van der Waals surface area contributed by atoms with E-state index in [9.17, 15) is 21.6 Å². The fourth-order valence-corrected chi connectivity index (χ4v) is 3.76. The van der Waals surface area contributed by atoms with Crippen LogP contribution < -0.4 is 5.32 Å². The van der Waals surface area contributed by atoms with Gasteiger partial charge in [-0.15, -0.1) is 0 Å². The molecule has 1 aliphatic rings. The smallest absolute Gasteiger partial charge is 0.246 e. The van der Waals surface area contributed by atoms with Crippen molar-refractivity contribution in [3.05, 3.63) is 29.6 Å². The second-order valence-corrected chi connectivity index (χ2v) is 6.55. The largest absolute Gasteiger partial charge is 0.317 e. The highest BCUT2D eigenvalue weighted by Crippen LogP contribution is 2.25. The molecule has 0 unspecified atom stereocenters. The highest BCUT2D eigenvalue weighted by molar-refractivity contribution is 7.89. The van der Waals surface area contributed by atoms with Crippen molar-refractivity contribution in [3.8, 4) is 0 Å². The third-order valence-corrected chi connectivity index (χ3v) is 5.40. The quantitative estimate of drug-likeness (QED) is 0.861. The van der Waals surface area contributed by atoms with Crippen molar-refractivity contribution < 1.29 is 21.6 Å². The van der Waals surface area contributed by atoms with E-state index in [1.54, 1.807) is 7.05 Å². The van der Waals surface area contributed by atoms with Crippen LogP contribution in [0.15, 0.2) is 17.0 Å². The van der Waals surface area contributed by atoms with Gasteiger partial charge in [0.2, 0.25) is 10.0 Å². The summed E-state index contributed by atoms with van der Waals surface area (Å²) in [5.74, 6) is -4.84. The molecule has 0 saturated carbocycles. The monoisotopic (exact) mass is 308 g/mol. The molecule has 0 amide bonds. The maximum absolute atomic E-state index is 13.6. The van der Waals surface area contributed by atoms with Gasteiger partial charge in [-0.1, -0.05) is 0 Å². The van der Waals surface area contributed by atoms with Crippen LogP contribution in [-0.2, 0) is 10.0 Å². The van der Waals surface area contributed by atoms with Crippen molar-refractivity contribution in [1.82, 2.24) is 9.62 Å². The Balaban J connectivity index is 2.30. The van der Waals surface area contributed by atoms with Crippen LogP contribution in [0, 0.1) is 17.5 Å². The first-order valence-electron chi connectivity index (χ1n) is 6.19. The number of rotatable bonds is 3. The van der Waals surface area contributed by atoms with Crippen molar-refractivity contribution in [2.75, 3.05) is 20.1 Å². The number of hydrogen-bond acceptors (Lipinski definition) is 3. The topological polar surface area (TPSA) is 49.4 Å². The molecule has 1 N–H and O–H groups in total. The van der Waals surface area contributed by atoms with E-state index in [4.69, 9.17) is 0 Å². The molecule has 0 aromatic heterocycles. The first-order valence-corrected chi connectivity index (χ1v) is 7.63. The Morgan fingerprint density at radius 3 is 2.30 bits per heavy atom. The Labute approximate surface area is 115 Å². The molecule has 1 aromatic carbocycles. The van der Waals surface area contributed by atoms with E-state index in [2.05, 4.69) is 5.32 Å². The number of piperidine rings is 1. The molecule has 1 fully saturated rings. The summed E-state index contributed by atoms with van der Waals surface area (Å²) < 4.78 is 65.2. The maximum atomic E-state index is 13.6. The molecular weight excluding hydrogens is 293 g/mol. The van der Waals surface area contributed by atoms with Gasteiger partial charge in [0.1, 0.15) is 4.90 Å². The van der Waals surface area contributed by atoms with Gasteiger partial charge in [0.05, 0.1) is 0 Å². The van der Waals surface area contributed by atoms with E-state index in [-0.39, 0.29) is 19.1 Å². The highest BCUT2D eigenvalue weighted by atomic mass is 32.2. The molecule has 1 heterocycles. The molecule has 20 heavy (non-hydrogen) atoms. The lowest BCUT2D eigenvalue weighted by Crippen LogP contribution is -2.44. The van der Waals surface area contributed by atoms with E-state index < -0.39 is 32.4 Å². The van der Waals surface area contributed by atoms with Crippen LogP contribution in [-0.4, -0.2) is 38.9 Å². The Hall–Kier alpha value is -1.12. The van der Waals surface area contributed by atoms with Gasteiger partial charge in [-0.05, 0) is 32.0 Å². The number of nitrogens with zero attached hydrogens (tertiary/aromatic N) is 1. The van der Waals surface area contributed by atoms with Gasteiger partial charge >= 0.3 is 0 Å². The Kier molecular flexibility index (Phi) is 4.36. The Morgan fingerprint density at radius 1 is 1.15 bits per heavy atom. The summed E-state index contributed by atoms with van der Waals surface area (Å²) >= 11 is 0. The lowest BCUT2D eigenvalue weighted by molar-refractivity contribution is 0.297. The van der Waals surface area contributed by atoms with Crippen molar-refractivity contribution in [3.63, 3.8) is 0 Å². The van der Waals surface area contributed by atoms with Crippen LogP contribution >= 0.6 is 0 Å². The normalized spacial score (nSPS) is 18.4. The summed E-state index contributed by atoms with van der Waals surface area (Å²) in [4.78, 5) is -0.820. The van der Waals surface area contributed by atoms with Gasteiger partial charge in [-0.3, -0.25) is 0 Å². The molecule has 4 nitrogen and oxygen atoms in total. The zero-order chi connectivity index (χ0) is 14.9. The summed E-state index contributed by atoms with van der Waals surface area (Å²) in [6, 6.07) is 1.58. The molecule has 0 atom stereocenters. The zero-order valence-corrected chi connectivity index (χ0v) is 11.7. The molecule has 0 radical (unpaired) electrons. The van der Waals surface area contributed by atoms with Crippen LogP contribution in [0.4, 0.5) is 13.2 Å². The van der Waals surface area contributed by atoms with Crippen LogP contribution in [0.5, 0.6) is 0 Å². The van der Waals surface area contributed by atoms with Gasteiger partial charge < -0.3 is 5.32 Å². The second-order valence-electron chi connectivity index (χ2n) is 4.64. The Morgan fingerprint density at radius 2 is 1.75 bits per heavy atom. The van der Waals surface area contributed by atoms with Crippen molar-refractivity contribution >= 4 is 10.0 Å². The molecule has 8 heteroatoms. The van der Waals surface area contributed by atoms with E-state index >= 15 is 0 Å². The van der Waals surface area contributed by atoms with Crippen LogP contribution in [0.25, 0.3) is 0 Å².